The Morgan fingerprint density at radius 1 is 0.271 bits per heavy atom. The van der Waals surface area contributed by atoms with Crippen LogP contribution >= 0.6 is 0 Å². The van der Waals surface area contributed by atoms with Gasteiger partial charge in [-0.05, 0) is 91.7 Å². The molecule has 0 bridgehead atoms. The van der Waals surface area contributed by atoms with Gasteiger partial charge in [-0.2, -0.15) is 0 Å². The molecule has 0 saturated carbocycles. The van der Waals surface area contributed by atoms with Gasteiger partial charge < -0.3 is 4.42 Å². The number of furan rings is 1. The SMILES string of the molecule is c1ccc(-c2cccc(-c3ccc(-c4cccc5oc6cc(-c7nc(-c8ccccc8)nc(-c8ccc9cc(-c%10ccccc%10)ccc9c8)n7)ccc6c45)cc3)c2)cc1. The summed E-state index contributed by atoms with van der Waals surface area (Å²) < 4.78 is 6.57. The first-order valence-corrected chi connectivity index (χ1v) is 19.8. The second-order valence-electron chi connectivity index (χ2n) is 14.8. The number of rotatable bonds is 7. The molecule has 0 aliphatic heterocycles. The van der Waals surface area contributed by atoms with Gasteiger partial charge in [0.15, 0.2) is 17.5 Å². The Morgan fingerprint density at radius 2 is 0.712 bits per heavy atom. The Balaban J connectivity index is 0.959. The van der Waals surface area contributed by atoms with Crippen LogP contribution in [0.15, 0.2) is 217 Å². The number of hydrogen-bond donors (Lipinski definition) is 0. The maximum absolute atomic E-state index is 6.57. The highest BCUT2D eigenvalue weighted by Crippen LogP contribution is 2.39. The quantitative estimate of drug-likeness (QED) is 0.163. The van der Waals surface area contributed by atoms with E-state index in [4.69, 9.17) is 19.4 Å². The van der Waals surface area contributed by atoms with Crippen molar-refractivity contribution in [2.45, 2.75) is 0 Å². The normalized spacial score (nSPS) is 11.4. The van der Waals surface area contributed by atoms with Gasteiger partial charge in [0.2, 0.25) is 0 Å². The molecule has 0 unspecified atom stereocenters. The largest absolute Gasteiger partial charge is 0.456 e. The lowest BCUT2D eigenvalue weighted by molar-refractivity contribution is 0.669. The summed E-state index contributed by atoms with van der Waals surface area (Å²) in [6.45, 7) is 0. The predicted molar refractivity (Wildman–Crippen MR) is 243 cm³/mol. The molecule has 0 fully saturated rings. The van der Waals surface area contributed by atoms with Crippen LogP contribution in [0.4, 0.5) is 0 Å². The molecule has 0 aliphatic rings. The molecule has 2 aromatic heterocycles. The van der Waals surface area contributed by atoms with Crippen LogP contribution in [0.2, 0.25) is 0 Å². The molecule has 0 saturated heterocycles. The first-order chi connectivity index (χ1) is 29.2. The van der Waals surface area contributed by atoms with E-state index in [1.54, 1.807) is 0 Å². The molecule has 9 aromatic carbocycles. The zero-order valence-corrected chi connectivity index (χ0v) is 32.0. The minimum absolute atomic E-state index is 0.586. The van der Waals surface area contributed by atoms with Crippen molar-refractivity contribution < 1.29 is 4.42 Å². The number of benzene rings is 9. The summed E-state index contributed by atoms with van der Waals surface area (Å²) in [5.74, 6) is 1.82. The van der Waals surface area contributed by atoms with Gasteiger partial charge in [-0.3, -0.25) is 0 Å². The first-order valence-electron chi connectivity index (χ1n) is 19.8. The Labute approximate surface area is 341 Å². The number of fused-ring (bicyclic) bond motifs is 4. The molecule has 276 valence electrons. The molecule has 0 spiro atoms. The Kier molecular flexibility index (Phi) is 8.45. The first kappa shape index (κ1) is 34.3. The van der Waals surface area contributed by atoms with Crippen molar-refractivity contribution >= 4 is 32.7 Å². The molecule has 11 aromatic rings. The van der Waals surface area contributed by atoms with E-state index >= 15 is 0 Å². The third-order valence-electron chi connectivity index (χ3n) is 11.1. The zero-order chi connectivity index (χ0) is 39.1. The minimum atomic E-state index is 0.586. The Hall–Kier alpha value is -7.95. The molecular weight excluding hydrogens is 719 g/mol. The standard InChI is InChI=1S/C55H35N3O/c1-4-12-36(13-5-1)41-18-10-19-42(32-41)38-22-24-39(25-23-38)48-20-11-21-50-52(48)49-31-30-47(35-51(49)59-50)55-57-53(40-16-8-3-9-17-40)56-54(58-55)46-29-28-44-33-43(26-27-45(44)34-46)37-14-6-2-7-15-37/h1-35H. The van der Waals surface area contributed by atoms with Crippen LogP contribution in [0.25, 0.3) is 111 Å². The highest BCUT2D eigenvalue weighted by atomic mass is 16.3. The van der Waals surface area contributed by atoms with Gasteiger partial charge >= 0.3 is 0 Å². The topological polar surface area (TPSA) is 51.8 Å². The monoisotopic (exact) mass is 753 g/mol. The van der Waals surface area contributed by atoms with Crippen LogP contribution in [-0.2, 0) is 0 Å². The summed E-state index contributed by atoms with van der Waals surface area (Å²) in [7, 11) is 0. The highest BCUT2D eigenvalue weighted by Gasteiger charge is 2.17. The molecule has 4 heteroatoms. The highest BCUT2D eigenvalue weighted by molar-refractivity contribution is 6.13. The summed E-state index contributed by atoms with van der Waals surface area (Å²) in [5.41, 5.74) is 13.7. The molecule has 0 N–H and O–H groups in total. The lowest BCUT2D eigenvalue weighted by Crippen LogP contribution is -2.00. The summed E-state index contributed by atoms with van der Waals surface area (Å²) in [6.07, 6.45) is 0. The van der Waals surface area contributed by atoms with Gasteiger partial charge in [-0.25, -0.2) is 15.0 Å². The van der Waals surface area contributed by atoms with Gasteiger partial charge in [-0.1, -0.05) is 176 Å². The summed E-state index contributed by atoms with van der Waals surface area (Å²) in [6, 6.07) is 74.2. The van der Waals surface area contributed by atoms with E-state index in [1.165, 1.54) is 33.4 Å². The van der Waals surface area contributed by atoms with Crippen LogP contribution in [0, 0.1) is 0 Å². The van der Waals surface area contributed by atoms with Crippen molar-refractivity contribution in [1.82, 2.24) is 15.0 Å². The minimum Gasteiger partial charge on any atom is -0.456 e. The second kappa shape index (κ2) is 14.5. The lowest BCUT2D eigenvalue weighted by atomic mass is 9.95. The third kappa shape index (κ3) is 6.53. The van der Waals surface area contributed by atoms with Gasteiger partial charge in [0.25, 0.3) is 0 Å². The van der Waals surface area contributed by atoms with Crippen molar-refractivity contribution in [3.63, 3.8) is 0 Å². The summed E-state index contributed by atoms with van der Waals surface area (Å²) in [5, 5.41) is 4.41. The molecule has 0 aliphatic carbocycles. The van der Waals surface area contributed by atoms with E-state index in [1.807, 2.05) is 42.5 Å². The van der Waals surface area contributed by atoms with E-state index in [2.05, 4.69) is 170 Å². The van der Waals surface area contributed by atoms with Gasteiger partial charge in [0, 0.05) is 27.5 Å². The average Bonchev–Trinajstić information content (AvgIpc) is 3.70. The van der Waals surface area contributed by atoms with E-state index in [-0.39, 0.29) is 0 Å². The zero-order valence-electron chi connectivity index (χ0n) is 32.0. The molecule has 4 nitrogen and oxygen atoms in total. The second-order valence-corrected chi connectivity index (χ2v) is 14.8. The maximum atomic E-state index is 6.57. The van der Waals surface area contributed by atoms with Crippen LogP contribution in [0.3, 0.4) is 0 Å². The van der Waals surface area contributed by atoms with Crippen LogP contribution in [0.1, 0.15) is 0 Å². The molecule has 0 amide bonds. The van der Waals surface area contributed by atoms with Crippen molar-refractivity contribution in [3.05, 3.63) is 212 Å². The van der Waals surface area contributed by atoms with Crippen LogP contribution in [-0.4, -0.2) is 15.0 Å². The van der Waals surface area contributed by atoms with Gasteiger partial charge in [-0.15, -0.1) is 0 Å². The van der Waals surface area contributed by atoms with Crippen molar-refractivity contribution in [1.29, 1.82) is 0 Å². The maximum Gasteiger partial charge on any atom is 0.164 e. The number of hydrogen-bond acceptors (Lipinski definition) is 4. The van der Waals surface area contributed by atoms with E-state index in [0.29, 0.717) is 17.5 Å². The third-order valence-corrected chi connectivity index (χ3v) is 11.1. The average molecular weight is 754 g/mol. The molecule has 2 heterocycles. The van der Waals surface area contributed by atoms with Crippen LogP contribution in [0.5, 0.6) is 0 Å². The van der Waals surface area contributed by atoms with E-state index in [9.17, 15) is 0 Å². The Bertz CT molecular complexity index is 3300. The summed E-state index contributed by atoms with van der Waals surface area (Å²) in [4.78, 5) is 15.1. The summed E-state index contributed by atoms with van der Waals surface area (Å²) >= 11 is 0. The number of nitrogens with zero attached hydrogens (tertiary/aromatic N) is 3. The molecule has 0 atom stereocenters. The predicted octanol–water partition coefficient (Wildman–Crippen LogP) is 14.6. The van der Waals surface area contributed by atoms with Crippen molar-refractivity contribution in [2.75, 3.05) is 0 Å². The van der Waals surface area contributed by atoms with Crippen LogP contribution < -0.4 is 0 Å². The molecular formula is C55H35N3O. The fourth-order valence-electron chi connectivity index (χ4n) is 8.10. The van der Waals surface area contributed by atoms with Crippen molar-refractivity contribution in [2.24, 2.45) is 0 Å². The fraction of sp³-hybridized carbons (Fsp3) is 0. The molecule has 59 heavy (non-hydrogen) atoms. The smallest absolute Gasteiger partial charge is 0.164 e. The molecule has 0 radical (unpaired) electrons. The van der Waals surface area contributed by atoms with Crippen molar-refractivity contribution in [3.8, 4) is 78.7 Å². The van der Waals surface area contributed by atoms with Gasteiger partial charge in [0.1, 0.15) is 11.2 Å². The lowest BCUT2D eigenvalue weighted by Gasteiger charge is -2.10. The Morgan fingerprint density at radius 3 is 1.36 bits per heavy atom. The van der Waals surface area contributed by atoms with Gasteiger partial charge in [0.05, 0.1) is 0 Å². The fourth-order valence-corrected chi connectivity index (χ4v) is 8.10. The van der Waals surface area contributed by atoms with E-state index < -0.39 is 0 Å². The van der Waals surface area contributed by atoms with E-state index in [0.717, 1.165) is 60.5 Å². The molecule has 11 rings (SSSR count). The number of aromatic nitrogens is 3.